The van der Waals surface area contributed by atoms with Gasteiger partial charge in [-0.1, -0.05) is 38.5 Å². The van der Waals surface area contributed by atoms with Crippen molar-refractivity contribution in [1.82, 2.24) is 5.43 Å². The zero-order valence-corrected chi connectivity index (χ0v) is 13.3. The first-order valence-corrected chi connectivity index (χ1v) is 7.65. The van der Waals surface area contributed by atoms with Crippen molar-refractivity contribution >= 4 is 11.9 Å². The molecule has 0 heterocycles. The van der Waals surface area contributed by atoms with Crippen molar-refractivity contribution in [3.05, 3.63) is 0 Å². The van der Waals surface area contributed by atoms with Crippen molar-refractivity contribution in [1.29, 1.82) is 0 Å². The molecule has 0 atom stereocenters. The Balaban J connectivity index is 3.25. The topological polar surface area (TPSA) is 66.4 Å². The number of carboxylic acids is 1. The Morgan fingerprint density at radius 3 is 1.60 bits per heavy atom. The number of hydrogen-bond acceptors (Lipinski definition) is 2. The number of carbonyl (C=O) groups excluding carboxylic acids is 1. The highest BCUT2D eigenvalue weighted by Gasteiger charge is 2.11. The van der Waals surface area contributed by atoms with Gasteiger partial charge in [0.15, 0.2) is 0 Å². The fourth-order valence-corrected chi connectivity index (χ4v) is 2.05. The summed E-state index contributed by atoms with van der Waals surface area (Å²) in [5.74, 6) is -0.580. The third-order valence-corrected chi connectivity index (χ3v) is 3.00. The number of rotatable bonds is 12. The summed E-state index contributed by atoms with van der Waals surface area (Å²) in [5, 5.41) is 8.49. The van der Waals surface area contributed by atoms with Crippen molar-refractivity contribution in [2.45, 2.75) is 64.2 Å². The lowest BCUT2D eigenvalue weighted by molar-refractivity contribution is -0.906. The molecule has 20 heavy (non-hydrogen) atoms. The minimum absolute atomic E-state index is 0.117. The Hall–Kier alpha value is -1.10. The molecule has 0 aromatic carbocycles. The number of amides is 1. The van der Waals surface area contributed by atoms with E-state index in [1.54, 1.807) is 0 Å². The van der Waals surface area contributed by atoms with Gasteiger partial charge in [-0.25, -0.2) is 10.0 Å². The van der Waals surface area contributed by atoms with Gasteiger partial charge in [-0.05, 0) is 12.8 Å². The number of nitrogens with zero attached hydrogens (tertiary/aromatic N) is 1. The number of quaternary nitrogens is 1. The number of carbonyl (C=O) groups is 2. The highest BCUT2D eigenvalue weighted by atomic mass is 16.4. The van der Waals surface area contributed by atoms with Crippen LogP contribution < -0.4 is 5.43 Å². The highest BCUT2D eigenvalue weighted by molar-refractivity contribution is 5.74. The van der Waals surface area contributed by atoms with Crippen molar-refractivity contribution < 1.29 is 19.3 Å². The van der Waals surface area contributed by atoms with E-state index in [2.05, 4.69) is 5.43 Å². The Morgan fingerprint density at radius 2 is 1.20 bits per heavy atom. The first-order valence-electron chi connectivity index (χ1n) is 7.65. The van der Waals surface area contributed by atoms with Crippen LogP contribution in [0.15, 0.2) is 0 Å². The molecule has 5 heteroatoms. The number of carboxylic acid groups (broad SMARTS) is 1. The number of aliphatic carboxylic acids is 1. The van der Waals surface area contributed by atoms with E-state index in [1.807, 2.05) is 21.1 Å². The minimum atomic E-state index is -0.697. The maximum Gasteiger partial charge on any atom is 0.303 e. The average molecular weight is 287 g/mol. The molecule has 0 aromatic heterocycles. The van der Waals surface area contributed by atoms with E-state index in [1.165, 1.54) is 12.8 Å². The second kappa shape index (κ2) is 10.7. The molecule has 0 saturated carbocycles. The third kappa shape index (κ3) is 15.0. The van der Waals surface area contributed by atoms with Crippen LogP contribution in [0.5, 0.6) is 0 Å². The van der Waals surface area contributed by atoms with Gasteiger partial charge in [0.05, 0.1) is 21.1 Å². The smallest absolute Gasteiger partial charge is 0.303 e. The zero-order chi connectivity index (χ0) is 15.4. The molecular weight excluding hydrogens is 256 g/mol. The van der Waals surface area contributed by atoms with Gasteiger partial charge in [-0.2, -0.15) is 0 Å². The first-order chi connectivity index (χ1) is 9.31. The normalized spacial score (nSPS) is 11.3. The van der Waals surface area contributed by atoms with Gasteiger partial charge in [-0.15, -0.1) is 0 Å². The Kier molecular flexibility index (Phi) is 10.1. The molecule has 0 rings (SSSR count). The summed E-state index contributed by atoms with van der Waals surface area (Å²) in [4.78, 5) is 21.9. The lowest BCUT2D eigenvalue weighted by atomic mass is 10.1. The van der Waals surface area contributed by atoms with Crippen LogP contribution in [0.25, 0.3) is 0 Å². The quantitative estimate of drug-likeness (QED) is 0.329. The molecule has 0 unspecified atom stereocenters. The number of hydrogen-bond donors (Lipinski definition) is 2. The summed E-state index contributed by atoms with van der Waals surface area (Å²) in [6, 6.07) is 0. The summed E-state index contributed by atoms with van der Waals surface area (Å²) < 4.78 is 0.467. The molecule has 0 fully saturated rings. The number of unbranched alkanes of at least 4 members (excludes halogenated alkanes) is 7. The second-order valence-electron chi connectivity index (χ2n) is 6.27. The molecular formula is C15H31N2O3+. The lowest BCUT2D eigenvalue weighted by Crippen LogP contribution is -2.51. The van der Waals surface area contributed by atoms with Crippen LogP contribution in [0.2, 0.25) is 0 Å². The zero-order valence-electron chi connectivity index (χ0n) is 13.3. The first kappa shape index (κ1) is 18.9. The maximum absolute atomic E-state index is 11.5. The van der Waals surface area contributed by atoms with Gasteiger partial charge in [-0.3, -0.25) is 9.59 Å². The molecule has 0 saturated heterocycles. The largest absolute Gasteiger partial charge is 0.481 e. The molecule has 0 aliphatic heterocycles. The van der Waals surface area contributed by atoms with Crippen LogP contribution in [-0.4, -0.2) is 42.7 Å². The SMILES string of the molecule is C[N+](C)(C)NC(=O)CCCCCCCCCCC(=O)O. The molecule has 0 radical (unpaired) electrons. The average Bonchev–Trinajstić information content (AvgIpc) is 2.28. The Bertz CT molecular complexity index is 285. The van der Waals surface area contributed by atoms with Gasteiger partial charge < -0.3 is 5.11 Å². The second-order valence-corrected chi connectivity index (χ2v) is 6.27. The lowest BCUT2D eigenvalue weighted by Gasteiger charge is -2.23. The van der Waals surface area contributed by atoms with Crippen LogP contribution >= 0.6 is 0 Å². The highest BCUT2D eigenvalue weighted by Crippen LogP contribution is 2.10. The molecule has 0 aliphatic carbocycles. The van der Waals surface area contributed by atoms with Gasteiger partial charge in [0, 0.05) is 12.8 Å². The molecule has 2 N–H and O–H groups in total. The van der Waals surface area contributed by atoms with Crippen molar-refractivity contribution in [2.24, 2.45) is 0 Å². The summed E-state index contributed by atoms with van der Waals surface area (Å²) in [6.45, 7) is 0. The van der Waals surface area contributed by atoms with E-state index in [4.69, 9.17) is 5.11 Å². The summed E-state index contributed by atoms with van der Waals surface area (Å²) in [7, 11) is 5.80. The molecule has 118 valence electrons. The van der Waals surface area contributed by atoms with Crippen LogP contribution in [0.1, 0.15) is 64.2 Å². The Morgan fingerprint density at radius 1 is 0.800 bits per heavy atom. The molecule has 1 amide bonds. The van der Waals surface area contributed by atoms with Crippen molar-refractivity contribution in [3.8, 4) is 0 Å². The third-order valence-electron chi connectivity index (χ3n) is 3.00. The van der Waals surface area contributed by atoms with E-state index in [9.17, 15) is 9.59 Å². The summed E-state index contributed by atoms with van der Waals surface area (Å²) in [6.07, 6.45) is 9.39. The van der Waals surface area contributed by atoms with Gasteiger partial charge in [0.25, 0.3) is 5.91 Å². The summed E-state index contributed by atoms with van der Waals surface area (Å²) in [5.41, 5.74) is 2.90. The maximum atomic E-state index is 11.5. The minimum Gasteiger partial charge on any atom is -0.481 e. The molecule has 0 aliphatic rings. The van der Waals surface area contributed by atoms with E-state index >= 15 is 0 Å². The van der Waals surface area contributed by atoms with Gasteiger partial charge >= 0.3 is 5.97 Å². The van der Waals surface area contributed by atoms with E-state index in [0.29, 0.717) is 17.4 Å². The summed E-state index contributed by atoms with van der Waals surface area (Å²) >= 11 is 0. The molecule has 0 bridgehead atoms. The molecule has 0 spiro atoms. The van der Waals surface area contributed by atoms with Crippen LogP contribution in [0.4, 0.5) is 0 Å². The van der Waals surface area contributed by atoms with E-state index in [-0.39, 0.29) is 5.91 Å². The fraction of sp³-hybridized carbons (Fsp3) is 0.867. The molecule has 0 aromatic rings. The van der Waals surface area contributed by atoms with Crippen LogP contribution in [0, 0.1) is 0 Å². The number of nitrogens with one attached hydrogen (secondary N) is 1. The standard InChI is InChI=1S/C15H30N2O3/c1-17(2,3)16-14(18)12-10-8-6-4-5-7-9-11-13-15(19)20/h4-13H2,1-3H3,(H-,16,18,19,20)/p+1. The Labute approximate surface area is 122 Å². The molecule has 5 nitrogen and oxygen atoms in total. The van der Waals surface area contributed by atoms with Crippen LogP contribution in [0.3, 0.4) is 0 Å². The van der Waals surface area contributed by atoms with Gasteiger partial charge in [0.1, 0.15) is 0 Å². The van der Waals surface area contributed by atoms with Crippen molar-refractivity contribution in [2.75, 3.05) is 21.1 Å². The van der Waals surface area contributed by atoms with E-state index in [0.717, 1.165) is 38.5 Å². The van der Waals surface area contributed by atoms with E-state index < -0.39 is 5.97 Å². The van der Waals surface area contributed by atoms with Gasteiger partial charge in [0.2, 0.25) is 0 Å². The predicted octanol–water partition coefficient (Wildman–Crippen LogP) is 2.71. The monoisotopic (exact) mass is 287 g/mol. The van der Waals surface area contributed by atoms with Crippen molar-refractivity contribution in [3.63, 3.8) is 0 Å². The fourth-order valence-electron chi connectivity index (χ4n) is 2.05. The van der Waals surface area contributed by atoms with Crippen LogP contribution in [-0.2, 0) is 9.59 Å². The predicted molar refractivity (Wildman–Crippen MR) is 80.0 cm³/mol.